The first-order valence-corrected chi connectivity index (χ1v) is 7.53. The van der Waals surface area contributed by atoms with Crippen molar-refractivity contribution in [1.29, 1.82) is 0 Å². The second-order valence-corrected chi connectivity index (χ2v) is 5.19. The van der Waals surface area contributed by atoms with Gasteiger partial charge in [-0.05, 0) is 30.7 Å². The fourth-order valence-corrected chi connectivity index (χ4v) is 2.09. The van der Waals surface area contributed by atoms with Gasteiger partial charge >= 0.3 is 0 Å². The van der Waals surface area contributed by atoms with Gasteiger partial charge in [-0.2, -0.15) is 0 Å². The maximum atomic E-state index is 5.89. The molecule has 0 saturated heterocycles. The Bertz CT molecular complexity index is 806. The van der Waals surface area contributed by atoms with Crippen LogP contribution in [-0.4, -0.2) is 22.1 Å². The molecule has 0 aliphatic carbocycles. The van der Waals surface area contributed by atoms with Crippen molar-refractivity contribution >= 4 is 5.95 Å². The third-order valence-corrected chi connectivity index (χ3v) is 3.32. The highest BCUT2D eigenvalue weighted by molar-refractivity contribution is 5.38. The van der Waals surface area contributed by atoms with Crippen molar-refractivity contribution < 1.29 is 9.47 Å². The first-order valence-electron chi connectivity index (χ1n) is 7.53. The summed E-state index contributed by atoms with van der Waals surface area (Å²) in [4.78, 5) is 12.8. The lowest BCUT2D eigenvalue weighted by molar-refractivity contribution is 0.406. The van der Waals surface area contributed by atoms with Crippen LogP contribution < -0.4 is 14.8 Å². The first kappa shape index (κ1) is 15.7. The van der Waals surface area contributed by atoms with Crippen molar-refractivity contribution in [3.63, 3.8) is 0 Å². The van der Waals surface area contributed by atoms with Gasteiger partial charge in [-0.25, -0.2) is 15.0 Å². The topological polar surface area (TPSA) is 69.2 Å². The summed E-state index contributed by atoms with van der Waals surface area (Å²) in [6, 6.07) is 11.2. The number of rotatable bonds is 6. The molecule has 0 fully saturated rings. The first-order chi connectivity index (χ1) is 11.7. The fraction of sp³-hybridized carbons (Fsp3) is 0.167. The molecule has 6 heteroatoms. The second kappa shape index (κ2) is 7.41. The maximum Gasteiger partial charge on any atom is 0.224 e. The van der Waals surface area contributed by atoms with Crippen LogP contribution in [0.15, 0.2) is 55.0 Å². The summed E-state index contributed by atoms with van der Waals surface area (Å²) in [5.74, 6) is 2.50. The van der Waals surface area contributed by atoms with Gasteiger partial charge in [-0.1, -0.05) is 12.1 Å². The Morgan fingerprint density at radius 2 is 1.79 bits per heavy atom. The van der Waals surface area contributed by atoms with Crippen LogP contribution >= 0.6 is 0 Å². The molecule has 3 rings (SSSR count). The van der Waals surface area contributed by atoms with Gasteiger partial charge in [0.1, 0.15) is 11.5 Å². The van der Waals surface area contributed by atoms with Crippen molar-refractivity contribution in [3.05, 3.63) is 66.1 Å². The predicted octanol–water partition coefficient (Wildman–Crippen LogP) is 3.59. The van der Waals surface area contributed by atoms with E-state index in [4.69, 9.17) is 9.47 Å². The van der Waals surface area contributed by atoms with Gasteiger partial charge < -0.3 is 14.8 Å². The van der Waals surface area contributed by atoms with Crippen LogP contribution in [0, 0.1) is 6.92 Å². The van der Waals surface area contributed by atoms with Crippen LogP contribution in [0.25, 0.3) is 0 Å². The second-order valence-electron chi connectivity index (χ2n) is 5.19. The molecule has 0 amide bonds. The van der Waals surface area contributed by atoms with Gasteiger partial charge in [0.25, 0.3) is 0 Å². The number of ether oxygens (including phenoxy) is 2. The number of pyridine rings is 1. The summed E-state index contributed by atoms with van der Waals surface area (Å²) >= 11 is 0. The standard InChI is InChI=1S/C18H18N4O2/c1-13-10-20-18(21-11-13)22-12-14-5-4-8-19-17(14)24-16-7-3-6-15(9-16)23-2/h3-11H,12H2,1-2H3,(H,20,21,22). The molecule has 2 heterocycles. The molecule has 0 saturated carbocycles. The van der Waals surface area contributed by atoms with E-state index in [1.165, 1.54) is 0 Å². The fourth-order valence-electron chi connectivity index (χ4n) is 2.09. The molecule has 1 N–H and O–H groups in total. The monoisotopic (exact) mass is 322 g/mol. The van der Waals surface area contributed by atoms with Crippen LogP contribution in [0.4, 0.5) is 5.95 Å². The average molecular weight is 322 g/mol. The normalized spacial score (nSPS) is 10.2. The van der Waals surface area contributed by atoms with Crippen LogP contribution in [0.1, 0.15) is 11.1 Å². The van der Waals surface area contributed by atoms with E-state index in [1.807, 2.05) is 43.3 Å². The molecular weight excluding hydrogens is 304 g/mol. The van der Waals surface area contributed by atoms with E-state index in [0.717, 1.165) is 16.9 Å². The maximum absolute atomic E-state index is 5.89. The number of hydrogen-bond acceptors (Lipinski definition) is 6. The highest BCUT2D eigenvalue weighted by Gasteiger charge is 2.07. The summed E-state index contributed by atoms with van der Waals surface area (Å²) in [6.07, 6.45) is 5.24. The van der Waals surface area contributed by atoms with E-state index in [0.29, 0.717) is 24.1 Å². The number of methoxy groups -OCH3 is 1. The molecule has 0 atom stereocenters. The number of anilines is 1. The average Bonchev–Trinajstić information content (AvgIpc) is 2.62. The van der Waals surface area contributed by atoms with E-state index in [1.54, 1.807) is 25.7 Å². The summed E-state index contributed by atoms with van der Waals surface area (Å²) in [5, 5.41) is 3.17. The smallest absolute Gasteiger partial charge is 0.224 e. The Kier molecular flexibility index (Phi) is 4.86. The van der Waals surface area contributed by atoms with Gasteiger partial charge in [-0.3, -0.25) is 0 Å². The summed E-state index contributed by atoms with van der Waals surface area (Å²) in [7, 11) is 1.62. The summed E-state index contributed by atoms with van der Waals surface area (Å²) < 4.78 is 11.1. The molecule has 0 radical (unpaired) electrons. The molecule has 0 unspecified atom stereocenters. The molecule has 2 aromatic heterocycles. The van der Waals surface area contributed by atoms with E-state index in [2.05, 4.69) is 20.3 Å². The van der Waals surface area contributed by atoms with Crippen LogP contribution in [-0.2, 0) is 6.54 Å². The van der Waals surface area contributed by atoms with E-state index < -0.39 is 0 Å². The lowest BCUT2D eigenvalue weighted by Gasteiger charge is -2.11. The number of aryl methyl sites for hydroxylation is 1. The van der Waals surface area contributed by atoms with Crippen molar-refractivity contribution in [2.45, 2.75) is 13.5 Å². The minimum atomic E-state index is 0.510. The van der Waals surface area contributed by atoms with Gasteiger partial charge in [-0.15, -0.1) is 0 Å². The number of benzene rings is 1. The van der Waals surface area contributed by atoms with Gasteiger partial charge in [0.05, 0.1) is 7.11 Å². The summed E-state index contributed by atoms with van der Waals surface area (Å²) in [6.45, 7) is 2.46. The Morgan fingerprint density at radius 3 is 2.58 bits per heavy atom. The Labute approximate surface area is 140 Å². The molecule has 6 nitrogen and oxygen atoms in total. The third-order valence-electron chi connectivity index (χ3n) is 3.32. The molecule has 0 spiro atoms. The number of nitrogens with one attached hydrogen (secondary N) is 1. The quantitative estimate of drug-likeness (QED) is 0.748. The number of nitrogens with zero attached hydrogens (tertiary/aromatic N) is 3. The van der Waals surface area contributed by atoms with Crippen LogP contribution in [0.2, 0.25) is 0 Å². The minimum absolute atomic E-state index is 0.510. The lowest BCUT2D eigenvalue weighted by Crippen LogP contribution is -2.05. The molecular formula is C18H18N4O2. The minimum Gasteiger partial charge on any atom is -0.497 e. The summed E-state index contributed by atoms with van der Waals surface area (Å²) in [5.41, 5.74) is 1.92. The van der Waals surface area contributed by atoms with Gasteiger partial charge in [0, 0.05) is 36.8 Å². The third kappa shape index (κ3) is 3.98. The Hall–Kier alpha value is -3.15. The molecule has 1 aromatic carbocycles. The van der Waals surface area contributed by atoms with E-state index >= 15 is 0 Å². The zero-order chi connectivity index (χ0) is 16.8. The molecule has 122 valence electrons. The zero-order valence-corrected chi connectivity index (χ0v) is 13.6. The van der Waals surface area contributed by atoms with E-state index in [9.17, 15) is 0 Å². The lowest BCUT2D eigenvalue weighted by atomic mass is 10.2. The molecule has 24 heavy (non-hydrogen) atoms. The largest absolute Gasteiger partial charge is 0.497 e. The SMILES string of the molecule is COc1cccc(Oc2ncccc2CNc2ncc(C)cn2)c1. The highest BCUT2D eigenvalue weighted by atomic mass is 16.5. The number of aromatic nitrogens is 3. The van der Waals surface area contributed by atoms with Crippen molar-refractivity contribution in [2.75, 3.05) is 12.4 Å². The predicted molar refractivity (Wildman–Crippen MR) is 91.4 cm³/mol. The van der Waals surface area contributed by atoms with Gasteiger partial charge in [0.2, 0.25) is 11.8 Å². The Balaban J connectivity index is 1.73. The number of hydrogen-bond donors (Lipinski definition) is 1. The molecule has 0 aliphatic rings. The van der Waals surface area contributed by atoms with Crippen LogP contribution in [0.5, 0.6) is 17.4 Å². The Morgan fingerprint density at radius 1 is 1.00 bits per heavy atom. The molecule has 3 aromatic rings. The van der Waals surface area contributed by atoms with E-state index in [-0.39, 0.29) is 0 Å². The van der Waals surface area contributed by atoms with Crippen molar-refractivity contribution in [2.24, 2.45) is 0 Å². The highest BCUT2D eigenvalue weighted by Crippen LogP contribution is 2.26. The molecule has 0 bridgehead atoms. The molecule has 0 aliphatic heterocycles. The van der Waals surface area contributed by atoms with Crippen LogP contribution in [0.3, 0.4) is 0 Å². The zero-order valence-electron chi connectivity index (χ0n) is 13.6. The van der Waals surface area contributed by atoms with Gasteiger partial charge in [0.15, 0.2) is 0 Å². The van der Waals surface area contributed by atoms with Crippen molar-refractivity contribution in [3.8, 4) is 17.4 Å². The van der Waals surface area contributed by atoms with Crippen molar-refractivity contribution in [1.82, 2.24) is 15.0 Å².